The second-order valence-corrected chi connectivity index (χ2v) is 7.94. The van der Waals surface area contributed by atoms with Crippen LogP contribution in [0.5, 0.6) is 11.5 Å². The van der Waals surface area contributed by atoms with Crippen molar-refractivity contribution in [3.05, 3.63) is 66.2 Å². The van der Waals surface area contributed by atoms with Crippen LogP contribution in [0.25, 0.3) is 11.3 Å². The van der Waals surface area contributed by atoms with Crippen LogP contribution in [-0.2, 0) is 4.57 Å². The molecule has 1 aromatic heterocycles. The summed E-state index contributed by atoms with van der Waals surface area (Å²) in [5.41, 5.74) is 2.09. The van der Waals surface area contributed by atoms with Gasteiger partial charge in [-0.05, 0) is 42.3 Å². The summed E-state index contributed by atoms with van der Waals surface area (Å²) in [4.78, 5) is 26.9. The summed E-state index contributed by atoms with van der Waals surface area (Å²) in [5.74, 6) is 0.313. The second kappa shape index (κ2) is 9.87. The molecular weight excluding hydrogens is 424 g/mol. The lowest BCUT2D eigenvalue weighted by Gasteiger charge is -2.19. The van der Waals surface area contributed by atoms with E-state index in [9.17, 15) is 8.96 Å². The molecule has 2 aromatic carbocycles. The van der Waals surface area contributed by atoms with E-state index < -0.39 is 7.82 Å². The third kappa shape index (κ3) is 6.24. The predicted octanol–water partition coefficient (Wildman–Crippen LogP) is 4.72. The van der Waals surface area contributed by atoms with Crippen molar-refractivity contribution in [1.29, 1.82) is 0 Å². The zero-order valence-corrected chi connectivity index (χ0v) is 17.9. The number of benzene rings is 2. The monoisotopic (exact) mass is 447 g/mol. The van der Waals surface area contributed by atoms with Crippen molar-refractivity contribution in [2.75, 3.05) is 12.4 Å². The number of halogens is 1. The molecule has 0 saturated carbocycles. The molecule has 0 unspecified atom stereocenters. The molecule has 1 heterocycles. The first-order chi connectivity index (χ1) is 14.8. The summed E-state index contributed by atoms with van der Waals surface area (Å²) in [6.07, 6.45) is 4.90. The van der Waals surface area contributed by atoms with Crippen molar-refractivity contribution in [3.63, 3.8) is 0 Å². The first-order valence-corrected chi connectivity index (χ1v) is 11.1. The van der Waals surface area contributed by atoms with Crippen molar-refractivity contribution in [2.24, 2.45) is 0 Å². The quantitative estimate of drug-likeness (QED) is 0.404. The van der Waals surface area contributed by atoms with Gasteiger partial charge in [-0.25, -0.2) is 13.9 Å². The van der Waals surface area contributed by atoms with E-state index in [1.54, 1.807) is 36.7 Å². The molecule has 31 heavy (non-hydrogen) atoms. The van der Waals surface area contributed by atoms with Crippen LogP contribution >= 0.6 is 7.82 Å². The number of aromatic nitrogens is 2. The number of nitrogens with one attached hydrogen (secondary N) is 1. The molecule has 0 aliphatic rings. The van der Waals surface area contributed by atoms with E-state index in [0.717, 1.165) is 18.4 Å². The second-order valence-electron chi connectivity index (χ2n) is 6.77. The van der Waals surface area contributed by atoms with E-state index in [1.807, 2.05) is 0 Å². The molecule has 10 heteroatoms. The zero-order valence-electron chi connectivity index (χ0n) is 17.0. The Morgan fingerprint density at radius 3 is 2.52 bits per heavy atom. The highest BCUT2D eigenvalue weighted by Crippen LogP contribution is 2.43. The number of hydrogen-bond donors (Lipinski definition) is 3. The van der Waals surface area contributed by atoms with Gasteiger partial charge in [0.05, 0.1) is 31.2 Å². The zero-order chi connectivity index (χ0) is 22.4. The van der Waals surface area contributed by atoms with E-state index >= 15 is 0 Å². The lowest BCUT2D eigenvalue weighted by molar-refractivity contribution is 0.276. The molecule has 0 radical (unpaired) electrons. The Morgan fingerprint density at radius 1 is 1.13 bits per heavy atom. The molecule has 0 aliphatic carbocycles. The van der Waals surface area contributed by atoms with Gasteiger partial charge >= 0.3 is 7.82 Å². The van der Waals surface area contributed by atoms with Crippen molar-refractivity contribution in [1.82, 2.24) is 9.97 Å². The maximum absolute atomic E-state index is 13.3. The minimum Gasteiger partial charge on any atom is -0.493 e. The van der Waals surface area contributed by atoms with E-state index in [1.165, 1.54) is 25.3 Å². The minimum atomic E-state index is -4.72. The molecule has 3 rings (SSSR count). The number of anilines is 1. The van der Waals surface area contributed by atoms with Crippen LogP contribution in [0.1, 0.15) is 31.4 Å². The molecule has 0 amide bonds. The van der Waals surface area contributed by atoms with Gasteiger partial charge in [0, 0.05) is 5.56 Å². The van der Waals surface area contributed by atoms with Gasteiger partial charge < -0.3 is 14.6 Å². The highest BCUT2D eigenvalue weighted by Gasteiger charge is 2.20. The van der Waals surface area contributed by atoms with Crippen LogP contribution in [0.2, 0.25) is 0 Å². The Hall–Kier alpha value is -3.00. The molecule has 1 atom stereocenters. The molecule has 0 aliphatic heterocycles. The Morgan fingerprint density at radius 2 is 1.87 bits per heavy atom. The molecule has 3 N–H and O–H groups in total. The summed E-state index contributed by atoms with van der Waals surface area (Å²) >= 11 is 0. The number of rotatable bonds is 9. The van der Waals surface area contributed by atoms with Crippen LogP contribution in [0, 0.1) is 5.82 Å². The van der Waals surface area contributed by atoms with Crippen LogP contribution in [0.4, 0.5) is 10.2 Å². The average molecular weight is 447 g/mol. The van der Waals surface area contributed by atoms with E-state index in [2.05, 4.69) is 26.7 Å². The maximum atomic E-state index is 13.3. The Kier molecular flexibility index (Phi) is 7.22. The summed E-state index contributed by atoms with van der Waals surface area (Å²) < 4.78 is 34.2. The normalized spacial score (nSPS) is 12.3. The summed E-state index contributed by atoms with van der Waals surface area (Å²) in [6.45, 7) is 2.06. The Labute approximate surface area is 179 Å². The smallest absolute Gasteiger partial charge is 0.493 e. The van der Waals surface area contributed by atoms with Crippen molar-refractivity contribution in [3.8, 4) is 22.8 Å². The number of methoxy groups -OCH3 is 1. The number of phosphoric acid groups is 1. The van der Waals surface area contributed by atoms with Crippen molar-refractivity contribution in [2.45, 2.75) is 25.8 Å². The lowest BCUT2D eigenvalue weighted by atomic mass is 10.0. The lowest BCUT2D eigenvalue weighted by Crippen LogP contribution is -2.12. The number of hydrogen-bond acceptors (Lipinski definition) is 6. The van der Waals surface area contributed by atoms with Gasteiger partial charge in [-0.15, -0.1) is 0 Å². The minimum absolute atomic E-state index is 0.0660. The van der Waals surface area contributed by atoms with Crippen molar-refractivity contribution < 1.29 is 28.0 Å². The third-order valence-corrected chi connectivity index (χ3v) is 4.92. The molecule has 3 aromatic rings. The average Bonchev–Trinajstić information content (AvgIpc) is 2.73. The molecule has 0 spiro atoms. The summed E-state index contributed by atoms with van der Waals surface area (Å²) in [6, 6.07) is 10.8. The molecule has 164 valence electrons. The SMILES string of the molecule is CCC[C@H](Nc1cncc(-c2ccc(OP(=O)(O)O)c(OC)c2)n1)c1ccc(F)cc1. The van der Waals surface area contributed by atoms with E-state index in [4.69, 9.17) is 14.5 Å². The fourth-order valence-electron chi connectivity index (χ4n) is 3.09. The molecule has 0 bridgehead atoms. The summed E-state index contributed by atoms with van der Waals surface area (Å²) in [5, 5.41) is 3.34. The van der Waals surface area contributed by atoms with Gasteiger partial charge in [-0.1, -0.05) is 25.5 Å². The number of phosphoric ester groups is 1. The van der Waals surface area contributed by atoms with Gasteiger partial charge in [0.15, 0.2) is 11.5 Å². The van der Waals surface area contributed by atoms with Crippen molar-refractivity contribution >= 4 is 13.6 Å². The van der Waals surface area contributed by atoms with Gasteiger partial charge in [-0.3, -0.25) is 14.8 Å². The fourth-order valence-corrected chi connectivity index (χ4v) is 3.50. The molecule has 0 saturated heterocycles. The maximum Gasteiger partial charge on any atom is 0.524 e. The summed E-state index contributed by atoms with van der Waals surface area (Å²) in [7, 11) is -3.35. The van der Waals surface area contributed by atoms with Gasteiger partial charge in [0.1, 0.15) is 11.6 Å². The molecule has 0 fully saturated rings. The largest absolute Gasteiger partial charge is 0.524 e. The highest BCUT2D eigenvalue weighted by molar-refractivity contribution is 7.46. The van der Waals surface area contributed by atoms with Crippen LogP contribution in [0.15, 0.2) is 54.9 Å². The Balaban J connectivity index is 1.86. The predicted molar refractivity (Wildman–Crippen MR) is 114 cm³/mol. The molecule has 8 nitrogen and oxygen atoms in total. The topological polar surface area (TPSA) is 114 Å². The fraction of sp³-hybridized carbons (Fsp3) is 0.238. The first kappa shape index (κ1) is 22.7. The van der Waals surface area contributed by atoms with Crippen LogP contribution in [-0.4, -0.2) is 26.9 Å². The van der Waals surface area contributed by atoms with Crippen LogP contribution < -0.4 is 14.6 Å². The van der Waals surface area contributed by atoms with E-state index in [0.29, 0.717) is 17.1 Å². The highest BCUT2D eigenvalue weighted by atomic mass is 31.2. The van der Waals surface area contributed by atoms with Crippen LogP contribution in [0.3, 0.4) is 0 Å². The first-order valence-electron chi connectivity index (χ1n) is 9.56. The van der Waals surface area contributed by atoms with E-state index in [-0.39, 0.29) is 23.4 Å². The third-order valence-electron chi connectivity index (χ3n) is 4.48. The number of nitrogens with zero attached hydrogens (tertiary/aromatic N) is 2. The van der Waals surface area contributed by atoms with Gasteiger partial charge in [0.2, 0.25) is 0 Å². The van der Waals surface area contributed by atoms with Gasteiger partial charge in [-0.2, -0.15) is 0 Å². The standard InChI is InChI=1S/C21H23FN3O5P/c1-3-4-17(14-5-8-16(22)9-6-14)24-21-13-23-12-18(25-21)15-7-10-19(20(11-15)29-2)30-31(26,27)28/h5-13,17H,3-4H2,1-2H3,(H,24,25)(H2,26,27,28)/t17-/m0/s1. The Bertz CT molecular complexity index is 1070. The van der Waals surface area contributed by atoms with Gasteiger partial charge in [0.25, 0.3) is 0 Å². The number of ether oxygens (including phenoxy) is 1. The molecular formula is C21H23FN3O5P.